The van der Waals surface area contributed by atoms with E-state index < -0.39 is 6.04 Å². The van der Waals surface area contributed by atoms with Crippen LogP contribution in [0.4, 0.5) is 0 Å². The van der Waals surface area contributed by atoms with Crippen LogP contribution >= 0.6 is 11.3 Å². The highest BCUT2D eigenvalue weighted by atomic mass is 32.1. The molecular weight excluding hydrogens is 352 g/mol. The molecule has 138 valence electrons. The predicted octanol–water partition coefficient (Wildman–Crippen LogP) is 2.63. The fourth-order valence-electron chi connectivity index (χ4n) is 2.44. The largest absolute Gasteiger partial charge is 0.466 e. The van der Waals surface area contributed by atoms with Crippen LogP contribution in [0.1, 0.15) is 34.6 Å². The number of likely N-dealkylation sites (N-methyl/N-ethyl adjacent to an activating group) is 1. The molecule has 0 radical (unpaired) electrons. The van der Waals surface area contributed by atoms with E-state index in [0.29, 0.717) is 4.88 Å². The molecule has 0 spiro atoms. The third-order valence-corrected chi connectivity index (χ3v) is 4.53. The summed E-state index contributed by atoms with van der Waals surface area (Å²) in [6, 6.07) is 12.2. The molecule has 1 N–H and O–H groups in total. The molecule has 1 unspecified atom stereocenters. The van der Waals surface area contributed by atoms with E-state index >= 15 is 0 Å². The lowest BCUT2D eigenvalue weighted by Gasteiger charge is -2.21. The minimum absolute atomic E-state index is 0.0339. The number of benzene rings is 1. The Hall–Kier alpha value is -2.67. The summed E-state index contributed by atoms with van der Waals surface area (Å²) in [5, 5.41) is 4.63. The van der Waals surface area contributed by atoms with E-state index in [1.807, 2.05) is 35.7 Å². The van der Waals surface area contributed by atoms with Gasteiger partial charge in [-0.3, -0.25) is 14.4 Å². The first-order valence-electron chi connectivity index (χ1n) is 8.30. The van der Waals surface area contributed by atoms with Crippen LogP contribution in [0.3, 0.4) is 0 Å². The third kappa shape index (κ3) is 5.70. The number of esters is 1. The lowest BCUT2D eigenvalue weighted by molar-refractivity contribution is -0.143. The molecule has 1 aromatic heterocycles. The van der Waals surface area contributed by atoms with Crippen LogP contribution in [0.2, 0.25) is 0 Å². The van der Waals surface area contributed by atoms with Gasteiger partial charge in [0.1, 0.15) is 0 Å². The van der Waals surface area contributed by atoms with Gasteiger partial charge in [-0.1, -0.05) is 36.4 Å². The summed E-state index contributed by atoms with van der Waals surface area (Å²) in [6.45, 7) is 1.92. The van der Waals surface area contributed by atoms with Crippen LogP contribution in [0, 0.1) is 0 Å². The Morgan fingerprint density at radius 3 is 2.50 bits per heavy atom. The number of rotatable bonds is 8. The van der Waals surface area contributed by atoms with Crippen molar-refractivity contribution in [3.05, 3.63) is 58.3 Å². The summed E-state index contributed by atoms with van der Waals surface area (Å²) in [4.78, 5) is 38.4. The molecule has 26 heavy (non-hydrogen) atoms. The molecule has 2 amide bonds. The first-order valence-corrected chi connectivity index (χ1v) is 9.18. The fourth-order valence-corrected chi connectivity index (χ4v) is 3.16. The monoisotopic (exact) mass is 374 g/mol. The first kappa shape index (κ1) is 19.7. The van der Waals surface area contributed by atoms with E-state index in [9.17, 15) is 14.4 Å². The maximum Gasteiger partial charge on any atom is 0.308 e. The average Bonchev–Trinajstić information content (AvgIpc) is 3.16. The normalized spacial score (nSPS) is 11.5. The average molecular weight is 374 g/mol. The van der Waals surface area contributed by atoms with Gasteiger partial charge in [0.15, 0.2) is 0 Å². The van der Waals surface area contributed by atoms with Crippen LogP contribution in [-0.2, 0) is 14.3 Å². The number of nitrogens with one attached hydrogen (secondary N) is 1. The van der Waals surface area contributed by atoms with E-state index in [1.165, 1.54) is 16.2 Å². The van der Waals surface area contributed by atoms with Gasteiger partial charge >= 0.3 is 5.97 Å². The molecule has 0 bridgehead atoms. The highest BCUT2D eigenvalue weighted by Gasteiger charge is 2.21. The first-order chi connectivity index (χ1) is 12.5. The number of hydrogen-bond acceptors (Lipinski definition) is 5. The van der Waals surface area contributed by atoms with Crippen LogP contribution in [0.5, 0.6) is 0 Å². The second-order valence-corrected chi connectivity index (χ2v) is 6.63. The molecule has 0 aliphatic heterocycles. The quantitative estimate of drug-likeness (QED) is 0.721. The van der Waals surface area contributed by atoms with Crippen LogP contribution in [-0.4, -0.2) is 42.9 Å². The maximum absolute atomic E-state index is 12.4. The van der Waals surface area contributed by atoms with Gasteiger partial charge in [-0.05, 0) is 23.9 Å². The second kappa shape index (κ2) is 9.72. The summed E-state index contributed by atoms with van der Waals surface area (Å²) in [5.74, 6) is -0.933. The van der Waals surface area contributed by atoms with Gasteiger partial charge in [-0.2, -0.15) is 0 Å². The van der Waals surface area contributed by atoms with Crippen LogP contribution in [0.25, 0.3) is 0 Å². The van der Waals surface area contributed by atoms with E-state index in [4.69, 9.17) is 4.74 Å². The molecule has 1 aromatic carbocycles. The van der Waals surface area contributed by atoms with E-state index in [1.54, 1.807) is 26.1 Å². The van der Waals surface area contributed by atoms with Gasteiger partial charge in [0.05, 0.1) is 30.5 Å². The number of carbonyl (C=O) groups is 3. The molecule has 2 rings (SSSR count). The molecule has 0 saturated heterocycles. The SMILES string of the molecule is CCOC(=O)CC(NC(=O)CN(C)C(=O)c1cccs1)c1ccccc1. The van der Waals surface area contributed by atoms with Gasteiger partial charge < -0.3 is 15.0 Å². The van der Waals surface area contributed by atoms with Gasteiger partial charge in [0.2, 0.25) is 5.91 Å². The third-order valence-electron chi connectivity index (χ3n) is 3.67. The second-order valence-electron chi connectivity index (χ2n) is 5.68. The molecule has 0 aliphatic rings. The molecular formula is C19H22N2O4S. The summed E-state index contributed by atoms with van der Waals surface area (Å²) in [7, 11) is 1.57. The highest BCUT2D eigenvalue weighted by Crippen LogP contribution is 2.17. The lowest BCUT2D eigenvalue weighted by atomic mass is 10.0. The van der Waals surface area contributed by atoms with Crippen molar-refractivity contribution in [1.29, 1.82) is 0 Å². The Labute approximate surface area is 156 Å². The zero-order valence-corrected chi connectivity index (χ0v) is 15.6. The number of thiophene rings is 1. The molecule has 0 saturated carbocycles. The summed E-state index contributed by atoms with van der Waals surface area (Å²) < 4.78 is 4.99. The van der Waals surface area contributed by atoms with Crippen molar-refractivity contribution >= 4 is 29.1 Å². The lowest BCUT2D eigenvalue weighted by Crippen LogP contribution is -2.40. The van der Waals surface area contributed by atoms with Gasteiger partial charge in [0.25, 0.3) is 5.91 Å². The van der Waals surface area contributed by atoms with Crippen molar-refractivity contribution in [3.63, 3.8) is 0 Å². The van der Waals surface area contributed by atoms with Gasteiger partial charge in [-0.25, -0.2) is 0 Å². The Bertz CT molecular complexity index is 731. The Morgan fingerprint density at radius 1 is 1.15 bits per heavy atom. The Kier molecular flexibility index (Phi) is 7.35. The van der Waals surface area contributed by atoms with Crippen LogP contribution < -0.4 is 5.32 Å². The number of amides is 2. The summed E-state index contributed by atoms with van der Waals surface area (Å²) >= 11 is 1.33. The van der Waals surface area contributed by atoms with Gasteiger partial charge in [0, 0.05) is 7.05 Å². The number of ether oxygens (including phenoxy) is 1. The maximum atomic E-state index is 12.4. The molecule has 2 aromatic rings. The molecule has 0 aliphatic carbocycles. The topological polar surface area (TPSA) is 75.7 Å². The zero-order chi connectivity index (χ0) is 18.9. The van der Waals surface area contributed by atoms with Crippen molar-refractivity contribution in [2.75, 3.05) is 20.2 Å². The van der Waals surface area contributed by atoms with E-state index in [-0.39, 0.29) is 37.4 Å². The molecule has 6 nitrogen and oxygen atoms in total. The summed E-state index contributed by atoms with van der Waals surface area (Å²) in [6.07, 6.45) is 0.0339. The van der Waals surface area contributed by atoms with E-state index in [2.05, 4.69) is 5.32 Å². The van der Waals surface area contributed by atoms with Crippen molar-refractivity contribution in [2.24, 2.45) is 0 Å². The fraction of sp³-hybridized carbons (Fsp3) is 0.316. The van der Waals surface area contributed by atoms with Crippen molar-refractivity contribution in [2.45, 2.75) is 19.4 Å². The minimum Gasteiger partial charge on any atom is -0.466 e. The smallest absolute Gasteiger partial charge is 0.308 e. The molecule has 1 heterocycles. The highest BCUT2D eigenvalue weighted by molar-refractivity contribution is 7.12. The molecule has 0 fully saturated rings. The predicted molar refractivity (Wildman–Crippen MR) is 99.9 cm³/mol. The Balaban J connectivity index is 2.01. The number of carbonyl (C=O) groups excluding carboxylic acids is 3. The number of hydrogen-bond donors (Lipinski definition) is 1. The molecule has 7 heteroatoms. The van der Waals surface area contributed by atoms with E-state index in [0.717, 1.165) is 5.56 Å². The number of nitrogens with zero attached hydrogens (tertiary/aromatic N) is 1. The molecule has 1 atom stereocenters. The zero-order valence-electron chi connectivity index (χ0n) is 14.8. The standard InChI is InChI=1S/C19H22N2O4S/c1-3-25-18(23)12-15(14-8-5-4-6-9-14)20-17(22)13-21(2)19(24)16-10-7-11-26-16/h4-11,15H,3,12-13H2,1-2H3,(H,20,22). The minimum atomic E-state index is -0.506. The Morgan fingerprint density at radius 2 is 1.88 bits per heavy atom. The van der Waals surface area contributed by atoms with Crippen molar-refractivity contribution < 1.29 is 19.1 Å². The van der Waals surface area contributed by atoms with Crippen molar-refractivity contribution in [1.82, 2.24) is 10.2 Å². The van der Waals surface area contributed by atoms with Crippen molar-refractivity contribution in [3.8, 4) is 0 Å². The van der Waals surface area contributed by atoms with Gasteiger partial charge in [-0.15, -0.1) is 11.3 Å². The summed E-state index contributed by atoms with van der Waals surface area (Å²) in [5.41, 5.74) is 0.807. The van der Waals surface area contributed by atoms with Crippen LogP contribution in [0.15, 0.2) is 47.8 Å².